The van der Waals surface area contributed by atoms with Gasteiger partial charge in [-0.1, -0.05) is 6.07 Å². The minimum atomic E-state index is -0.213. The highest BCUT2D eigenvalue weighted by molar-refractivity contribution is 5.51. The van der Waals surface area contributed by atoms with Gasteiger partial charge in [-0.2, -0.15) is 0 Å². The molecule has 0 radical (unpaired) electrons. The molecule has 2 rings (SSSR count). The molecule has 0 aliphatic carbocycles. The summed E-state index contributed by atoms with van der Waals surface area (Å²) >= 11 is 0. The van der Waals surface area contributed by atoms with Crippen LogP contribution in [0.5, 0.6) is 11.5 Å². The van der Waals surface area contributed by atoms with E-state index in [1.807, 2.05) is 19.9 Å². The van der Waals surface area contributed by atoms with Crippen molar-refractivity contribution in [2.45, 2.75) is 19.9 Å². The Morgan fingerprint density at radius 3 is 2.44 bits per heavy atom. The summed E-state index contributed by atoms with van der Waals surface area (Å²) in [4.78, 5) is 4.09. The molecule has 94 valence electrons. The van der Waals surface area contributed by atoms with E-state index < -0.39 is 0 Å². The minimum absolute atomic E-state index is 0.0793. The van der Waals surface area contributed by atoms with Crippen LogP contribution < -0.4 is 5.32 Å². The van der Waals surface area contributed by atoms with E-state index in [4.69, 9.17) is 0 Å². The number of benzene rings is 1. The second kappa shape index (κ2) is 4.96. The van der Waals surface area contributed by atoms with Gasteiger partial charge in [0.2, 0.25) is 0 Å². The Morgan fingerprint density at radius 1 is 1.17 bits per heavy atom. The van der Waals surface area contributed by atoms with Crippen LogP contribution in [-0.2, 0) is 0 Å². The maximum atomic E-state index is 9.78. The molecule has 18 heavy (non-hydrogen) atoms. The number of rotatable bonds is 3. The zero-order valence-corrected chi connectivity index (χ0v) is 10.4. The highest BCUT2D eigenvalue weighted by atomic mass is 16.3. The maximum Gasteiger partial charge on any atom is 0.124 e. The van der Waals surface area contributed by atoms with Gasteiger partial charge >= 0.3 is 0 Å². The minimum Gasteiger partial charge on any atom is -0.507 e. The maximum absolute atomic E-state index is 9.78. The van der Waals surface area contributed by atoms with Gasteiger partial charge in [-0.05, 0) is 37.6 Å². The molecule has 1 atom stereocenters. The lowest BCUT2D eigenvalue weighted by molar-refractivity contribution is 0.434. The molecule has 1 unspecified atom stereocenters. The van der Waals surface area contributed by atoms with Crippen LogP contribution in [-0.4, -0.2) is 15.2 Å². The average Bonchev–Trinajstić information content (AvgIpc) is 2.28. The van der Waals surface area contributed by atoms with Crippen molar-refractivity contribution in [3.05, 3.63) is 47.8 Å². The second-order valence-electron chi connectivity index (χ2n) is 4.33. The van der Waals surface area contributed by atoms with Crippen molar-refractivity contribution in [3.63, 3.8) is 0 Å². The summed E-state index contributed by atoms with van der Waals surface area (Å²) in [6.45, 7) is 3.83. The molecule has 2 aromatic rings. The zero-order chi connectivity index (χ0) is 13.1. The van der Waals surface area contributed by atoms with Crippen molar-refractivity contribution in [2.75, 3.05) is 5.32 Å². The van der Waals surface area contributed by atoms with Gasteiger partial charge in [0.15, 0.2) is 0 Å². The first-order chi connectivity index (χ1) is 8.58. The first-order valence-electron chi connectivity index (χ1n) is 5.77. The molecule has 4 heteroatoms. The van der Waals surface area contributed by atoms with E-state index in [1.165, 1.54) is 0 Å². The van der Waals surface area contributed by atoms with Crippen molar-refractivity contribution < 1.29 is 10.2 Å². The number of hydrogen-bond acceptors (Lipinski definition) is 4. The van der Waals surface area contributed by atoms with Gasteiger partial charge in [-0.15, -0.1) is 0 Å². The van der Waals surface area contributed by atoms with Gasteiger partial charge in [0.05, 0.1) is 17.3 Å². The topological polar surface area (TPSA) is 65.4 Å². The van der Waals surface area contributed by atoms with Crippen LogP contribution in [0.3, 0.4) is 0 Å². The number of phenols is 2. The van der Waals surface area contributed by atoms with E-state index >= 15 is 0 Å². The molecular formula is C14H16N2O2. The Balaban J connectivity index is 2.25. The predicted molar refractivity (Wildman–Crippen MR) is 70.8 cm³/mol. The van der Waals surface area contributed by atoms with E-state index in [9.17, 15) is 10.2 Å². The Kier molecular flexibility index (Phi) is 3.37. The number of aromatic hydroxyl groups is 2. The number of nitrogens with zero attached hydrogens (tertiary/aromatic N) is 1. The van der Waals surface area contributed by atoms with E-state index in [-0.39, 0.29) is 17.5 Å². The molecule has 4 nitrogen and oxygen atoms in total. The molecule has 0 saturated carbocycles. The van der Waals surface area contributed by atoms with Gasteiger partial charge in [-0.25, -0.2) is 0 Å². The molecule has 0 aliphatic rings. The van der Waals surface area contributed by atoms with E-state index in [2.05, 4.69) is 10.3 Å². The molecular weight excluding hydrogens is 228 g/mol. The number of hydrogen-bond donors (Lipinski definition) is 3. The fourth-order valence-corrected chi connectivity index (χ4v) is 1.94. The number of aromatic nitrogens is 1. The monoisotopic (exact) mass is 244 g/mol. The van der Waals surface area contributed by atoms with Gasteiger partial charge in [-0.3, -0.25) is 4.98 Å². The molecule has 0 aliphatic heterocycles. The summed E-state index contributed by atoms with van der Waals surface area (Å²) in [5.41, 5.74) is 2.39. The Morgan fingerprint density at radius 2 is 1.83 bits per heavy atom. The van der Waals surface area contributed by atoms with Crippen molar-refractivity contribution in [3.8, 4) is 11.5 Å². The van der Waals surface area contributed by atoms with Crippen molar-refractivity contribution >= 4 is 5.69 Å². The first kappa shape index (κ1) is 12.2. The Bertz CT molecular complexity index is 535. The van der Waals surface area contributed by atoms with Crippen LogP contribution in [0.4, 0.5) is 5.69 Å². The summed E-state index contributed by atoms with van der Waals surface area (Å²) in [5.74, 6) is 0.159. The van der Waals surface area contributed by atoms with Crippen molar-refractivity contribution in [1.82, 2.24) is 4.98 Å². The molecule has 1 aromatic heterocycles. The van der Waals surface area contributed by atoms with Crippen LogP contribution in [0.2, 0.25) is 0 Å². The average molecular weight is 244 g/mol. The normalized spacial score (nSPS) is 12.1. The highest BCUT2D eigenvalue weighted by Gasteiger charge is 2.14. The molecule has 0 spiro atoms. The number of nitrogens with one attached hydrogen (secondary N) is 1. The lowest BCUT2D eigenvalue weighted by Crippen LogP contribution is -2.07. The lowest BCUT2D eigenvalue weighted by atomic mass is 10.1. The third kappa shape index (κ3) is 2.53. The van der Waals surface area contributed by atoms with Gasteiger partial charge in [0, 0.05) is 12.4 Å². The zero-order valence-electron chi connectivity index (χ0n) is 10.4. The van der Waals surface area contributed by atoms with E-state index in [0.29, 0.717) is 5.56 Å². The van der Waals surface area contributed by atoms with Gasteiger partial charge in [0.25, 0.3) is 0 Å². The predicted octanol–water partition coefficient (Wildman–Crippen LogP) is 2.97. The number of anilines is 1. The molecule has 3 N–H and O–H groups in total. The van der Waals surface area contributed by atoms with E-state index in [0.717, 1.165) is 11.3 Å². The smallest absolute Gasteiger partial charge is 0.124 e. The molecule has 1 aromatic carbocycles. The van der Waals surface area contributed by atoms with Gasteiger partial charge < -0.3 is 15.5 Å². The summed E-state index contributed by atoms with van der Waals surface area (Å²) in [6.07, 6.45) is 3.48. The third-order valence-electron chi connectivity index (χ3n) is 2.75. The molecule has 0 bridgehead atoms. The van der Waals surface area contributed by atoms with E-state index in [1.54, 1.807) is 30.6 Å². The summed E-state index contributed by atoms with van der Waals surface area (Å²) in [5, 5.41) is 22.8. The standard InChI is InChI=1S/C14H16N2O2/c1-9-6-11(8-15-7-9)16-10(2)14-12(17)4-3-5-13(14)18/h3-8,10,16-18H,1-2H3. The quantitative estimate of drug-likeness (QED) is 0.776. The SMILES string of the molecule is Cc1cncc(NC(C)c2c(O)cccc2O)c1. The van der Waals surface area contributed by atoms with Crippen molar-refractivity contribution in [2.24, 2.45) is 0 Å². The molecule has 0 fully saturated rings. The second-order valence-corrected chi connectivity index (χ2v) is 4.33. The van der Waals surface area contributed by atoms with Crippen LogP contribution in [0.1, 0.15) is 24.1 Å². The fraction of sp³-hybridized carbons (Fsp3) is 0.214. The third-order valence-corrected chi connectivity index (χ3v) is 2.75. The lowest BCUT2D eigenvalue weighted by Gasteiger charge is -2.18. The number of phenolic OH excluding ortho intramolecular Hbond substituents is 2. The van der Waals surface area contributed by atoms with Crippen LogP contribution >= 0.6 is 0 Å². The Labute approximate surface area is 106 Å². The molecule has 1 heterocycles. The summed E-state index contributed by atoms with van der Waals surface area (Å²) < 4.78 is 0. The Hall–Kier alpha value is -2.23. The van der Waals surface area contributed by atoms with Crippen LogP contribution in [0.25, 0.3) is 0 Å². The molecule has 0 amide bonds. The van der Waals surface area contributed by atoms with Crippen molar-refractivity contribution in [1.29, 1.82) is 0 Å². The van der Waals surface area contributed by atoms with Crippen LogP contribution in [0.15, 0.2) is 36.7 Å². The van der Waals surface area contributed by atoms with Crippen LogP contribution in [0, 0.1) is 6.92 Å². The summed E-state index contributed by atoms with van der Waals surface area (Å²) in [6, 6.07) is 6.47. The summed E-state index contributed by atoms with van der Waals surface area (Å²) in [7, 11) is 0. The first-order valence-corrected chi connectivity index (χ1v) is 5.77. The largest absolute Gasteiger partial charge is 0.507 e. The van der Waals surface area contributed by atoms with Gasteiger partial charge in [0.1, 0.15) is 11.5 Å². The number of aryl methyl sites for hydroxylation is 1. The molecule has 0 saturated heterocycles. The highest BCUT2D eigenvalue weighted by Crippen LogP contribution is 2.33. The fourth-order valence-electron chi connectivity index (χ4n) is 1.94. The number of pyridine rings is 1.